The number of hydrogen-bond acceptors (Lipinski definition) is 5. The maximum Gasteiger partial charge on any atom is 0.340 e. The van der Waals surface area contributed by atoms with Gasteiger partial charge in [-0.1, -0.05) is 66.2 Å². The summed E-state index contributed by atoms with van der Waals surface area (Å²) in [5, 5.41) is 0. The molecule has 0 saturated carbocycles. The molecular formula is C25H22BrNO4. The zero-order chi connectivity index (χ0) is 22.3. The highest BCUT2D eigenvalue weighted by Gasteiger charge is 2.39. The lowest BCUT2D eigenvalue weighted by molar-refractivity contribution is 0.0601. The Bertz CT molecular complexity index is 1120. The number of carbonyl (C=O) groups excluding carboxylic acids is 2. The normalized spacial score (nSPS) is 13.8. The van der Waals surface area contributed by atoms with E-state index in [1.54, 1.807) is 12.1 Å². The van der Waals surface area contributed by atoms with E-state index in [-0.39, 0.29) is 16.5 Å². The van der Waals surface area contributed by atoms with Crippen molar-refractivity contribution in [2.24, 2.45) is 0 Å². The molecule has 0 saturated heterocycles. The average molecular weight is 480 g/mol. The lowest BCUT2D eigenvalue weighted by atomic mass is 9.73. The molecule has 0 aromatic heterocycles. The minimum atomic E-state index is -0.541. The van der Waals surface area contributed by atoms with Gasteiger partial charge in [-0.05, 0) is 35.4 Å². The molecule has 0 amide bonds. The zero-order valence-electron chi connectivity index (χ0n) is 17.7. The Balaban J connectivity index is 2.15. The molecule has 31 heavy (non-hydrogen) atoms. The van der Waals surface area contributed by atoms with Crippen LogP contribution in [0.15, 0.2) is 65.1 Å². The van der Waals surface area contributed by atoms with Crippen LogP contribution in [0.4, 0.5) is 17.1 Å². The number of ether oxygens (including phenoxy) is 2. The van der Waals surface area contributed by atoms with E-state index in [1.165, 1.54) is 14.2 Å². The number of anilines is 3. The number of fused-ring (bicyclic) bond motifs is 2. The standard InChI is InChI=1S/C25H22BrNO4/c1-25(2)18-9-5-7-11-20(18)27(21-12-8-6-10-19(21)25)22-16(23(28)30-3)13-15(26)14-17(22)24(29)31-4/h5-14H,1-4H3. The van der Waals surface area contributed by atoms with E-state index in [2.05, 4.69) is 41.9 Å². The van der Waals surface area contributed by atoms with Gasteiger partial charge in [-0.15, -0.1) is 0 Å². The first-order valence-electron chi connectivity index (χ1n) is 9.80. The van der Waals surface area contributed by atoms with Crippen LogP contribution in [0.25, 0.3) is 0 Å². The molecular weight excluding hydrogens is 458 g/mol. The summed E-state index contributed by atoms with van der Waals surface area (Å²) >= 11 is 3.41. The van der Waals surface area contributed by atoms with Crippen LogP contribution in [0.3, 0.4) is 0 Å². The molecule has 0 radical (unpaired) electrons. The lowest BCUT2D eigenvalue weighted by Crippen LogP contribution is -2.32. The van der Waals surface area contributed by atoms with Crippen molar-refractivity contribution in [1.82, 2.24) is 0 Å². The second kappa shape index (κ2) is 7.85. The van der Waals surface area contributed by atoms with Crippen LogP contribution in [0.1, 0.15) is 45.7 Å². The Morgan fingerprint density at radius 3 is 1.65 bits per heavy atom. The highest BCUT2D eigenvalue weighted by atomic mass is 79.9. The molecule has 158 valence electrons. The molecule has 0 spiro atoms. The van der Waals surface area contributed by atoms with Gasteiger partial charge >= 0.3 is 11.9 Å². The van der Waals surface area contributed by atoms with Gasteiger partial charge in [0.05, 0.1) is 42.4 Å². The molecule has 3 aromatic rings. The van der Waals surface area contributed by atoms with Crippen molar-refractivity contribution in [2.75, 3.05) is 19.1 Å². The summed E-state index contributed by atoms with van der Waals surface area (Å²) in [5.74, 6) is -1.08. The molecule has 0 atom stereocenters. The van der Waals surface area contributed by atoms with E-state index >= 15 is 0 Å². The SMILES string of the molecule is COC(=O)c1cc(Br)cc(C(=O)OC)c1N1c2ccccc2C(C)(C)c2ccccc21. The van der Waals surface area contributed by atoms with E-state index in [4.69, 9.17) is 9.47 Å². The number of methoxy groups -OCH3 is 2. The van der Waals surface area contributed by atoms with E-state index in [0.717, 1.165) is 22.5 Å². The minimum absolute atomic E-state index is 0.265. The van der Waals surface area contributed by atoms with Crippen LogP contribution in [0, 0.1) is 0 Å². The van der Waals surface area contributed by atoms with Crippen molar-refractivity contribution in [3.8, 4) is 0 Å². The first-order valence-corrected chi connectivity index (χ1v) is 10.6. The van der Waals surface area contributed by atoms with Crippen LogP contribution in [-0.2, 0) is 14.9 Å². The predicted molar refractivity (Wildman–Crippen MR) is 124 cm³/mol. The van der Waals surface area contributed by atoms with Gasteiger partial charge in [0.2, 0.25) is 0 Å². The summed E-state index contributed by atoms with van der Waals surface area (Å²) in [5.41, 5.74) is 4.65. The zero-order valence-corrected chi connectivity index (χ0v) is 19.3. The van der Waals surface area contributed by atoms with Crippen molar-refractivity contribution in [3.05, 3.63) is 87.4 Å². The Morgan fingerprint density at radius 2 is 1.23 bits per heavy atom. The fourth-order valence-corrected chi connectivity index (χ4v) is 4.74. The van der Waals surface area contributed by atoms with E-state index in [9.17, 15) is 9.59 Å². The summed E-state index contributed by atoms with van der Waals surface area (Å²) in [6, 6.07) is 19.4. The largest absolute Gasteiger partial charge is 0.465 e. The van der Waals surface area contributed by atoms with Crippen molar-refractivity contribution < 1.29 is 19.1 Å². The number of para-hydroxylation sites is 2. The second-order valence-electron chi connectivity index (χ2n) is 7.83. The van der Waals surface area contributed by atoms with Crippen molar-refractivity contribution in [1.29, 1.82) is 0 Å². The number of rotatable bonds is 3. The summed E-state index contributed by atoms with van der Waals surface area (Å²) in [6.45, 7) is 4.35. The van der Waals surface area contributed by atoms with Gasteiger partial charge in [-0.2, -0.15) is 0 Å². The highest BCUT2D eigenvalue weighted by molar-refractivity contribution is 9.10. The molecule has 1 aliphatic heterocycles. The topological polar surface area (TPSA) is 55.8 Å². The smallest absolute Gasteiger partial charge is 0.340 e. The Morgan fingerprint density at radius 1 is 0.806 bits per heavy atom. The molecule has 1 heterocycles. The van der Waals surface area contributed by atoms with Crippen molar-refractivity contribution >= 4 is 44.9 Å². The third-order valence-electron chi connectivity index (χ3n) is 5.75. The number of halogens is 1. The van der Waals surface area contributed by atoms with Crippen molar-refractivity contribution in [3.63, 3.8) is 0 Å². The lowest BCUT2D eigenvalue weighted by Gasteiger charge is -2.42. The van der Waals surface area contributed by atoms with Gasteiger partial charge in [0.15, 0.2) is 0 Å². The molecule has 0 unspecified atom stereocenters. The number of esters is 2. The fourth-order valence-electron chi connectivity index (χ4n) is 4.28. The third-order valence-corrected chi connectivity index (χ3v) is 6.20. The van der Waals surface area contributed by atoms with Crippen molar-refractivity contribution in [2.45, 2.75) is 19.3 Å². The maximum absolute atomic E-state index is 12.8. The molecule has 6 heteroatoms. The average Bonchev–Trinajstić information content (AvgIpc) is 2.78. The maximum atomic E-state index is 12.8. The van der Waals surface area contributed by atoms with Gasteiger partial charge in [0.25, 0.3) is 0 Å². The van der Waals surface area contributed by atoms with E-state index < -0.39 is 11.9 Å². The van der Waals surface area contributed by atoms with Crippen LogP contribution < -0.4 is 4.90 Å². The molecule has 5 nitrogen and oxygen atoms in total. The molecule has 0 bridgehead atoms. The molecule has 0 fully saturated rings. The molecule has 3 aromatic carbocycles. The quantitative estimate of drug-likeness (QED) is 0.422. The predicted octanol–water partition coefficient (Wildman–Crippen LogP) is 6.13. The van der Waals surface area contributed by atoms with Crippen LogP contribution in [0.2, 0.25) is 0 Å². The van der Waals surface area contributed by atoms with E-state index in [0.29, 0.717) is 10.2 Å². The highest BCUT2D eigenvalue weighted by Crippen LogP contribution is 2.53. The van der Waals surface area contributed by atoms with Gasteiger partial charge in [0.1, 0.15) is 0 Å². The molecule has 4 rings (SSSR count). The van der Waals surface area contributed by atoms with Crippen LogP contribution >= 0.6 is 15.9 Å². The Labute approximate surface area is 189 Å². The summed E-state index contributed by atoms with van der Waals surface area (Å²) in [6.07, 6.45) is 0. The number of hydrogen-bond donors (Lipinski definition) is 0. The number of nitrogens with zero attached hydrogens (tertiary/aromatic N) is 1. The Hall–Kier alpha value is -3.12. The summed E-state index contributed by atoms with van der Waals surface area (Å²) in [4.78, 5) is 27.6. The third kappa shape index (κ3) is 3.31. The first kappa shape index (κ1) is 21.1. The fraction of sp³-hybridized carbons (Fsp3) is 0.200. The van der Waals surface area contributed by atoms with Gasteiger partial charge in [-0.25, -0.2) is 9.59 Å². The first-order chi connectivity index (χ1) is 14.8. The second-order valence-corrected chi connectivity index (χ2v) is 8.74. The number of benzene rings is 3. The Kier molecular flexibility index (Phi) is 5.35. The number of carbonyl (C=O) groups is 2. The molecule has 0 aliphatic carbocycles. The summed E-state index contributed by atoms with van der Waals surface area (Å²) in [7, 11) is 2.65. The van der Waals surface area contributed by atoms with Gasteiger partial charge in [0, 0.05) is 9.89 Å². The summed E-state index contributed by atoms with van der Waals surface area (Å²) < 4.78 is 10.7. The van der Waals surface area contributed by atoms with E-state index in [1.807, 2.05) is 41.3 Å². The molecule has 1 aliphatic rings. The van der Waals surface area contributed by atoms with Gasteiger partial charge in [-0.3, -0.25) is 0 Å². The monoisotopic (exact) mass is 479 g/mol. The molecule has 0 N–H and O–H groups in total. The van der Waals surface area contributed by atoms with Gasteiger partial charge < -0.3 is 14.4 Å². The minimum Gasteiger partial charge on any atom is -0.465 e. The van der Waals surface area contributed by atoms with Crippen LogP contribution in [0.5, 0.6) is 0 Å². The van der Waals surface area contributed by atoms with Crippen LogP contribution in [-0.4, -0.2) is 26.2 Å².